The van der Waals surface area contributed by atoms with Gasteiger partial charge in [-0.05, 0) is 31.2 Å². The Balaban J connectivity index is 1.49. The minimum absolute atomic E-state index is 0.0362. The van der Waals surface area contributed by atoms with Gasteiger partial charge in [-0.3, -0.25) is 9.59 Å². The summed E-state index contributed by atoms with van der Waals surface area (Å²) in [5, 5.41) is 0. The average Bonchev–Trinajstić information content (AvgIpc) is 2.68. The zero-order valence-corrected chi connectivity index (χ0v) is 15.7. The summed E-state index contributed by atoms with van der Waals surface area (Å²) in [4.78, 5) is 27.2. The number of hydrogen-bond acceptors (Lipinski definition) is 4. The first kappa shape index (κ1) is 17.6. The van der Waals surface area contributed by atoms with Crippen LogP contribution in [0.1, 0.15) is 45.5 Å². The second-order valence-electron chi connectivity index (χ2n) is 7.41. The van der Waals surface area contributed by atoms with Crippen molar-refractivity contribution in [1.29, 1.82) is 0 Å². The Morgan fingerprint density at radius 2 is 1.81 bits per heavy atom. The monoisotopic (exact) mass is 365 g/mol. The summed E-state index contributed by atoms with van der Waals surface area (Å²) in [6, 6.07) is 13.0. The second kappa shape index (κ2) is 6.72. The predicted octanol–water partition coefficient (Wildman–Crippen LogP) is 3.64. The molecule has 5 heteroatoms. The third kappa shape index (κ3) is 3.29. The summed E-state index contributed by atoms with van der Waals surface area (Å²) in [5.41, 5.74) is 1.92. The maximum absolute atomic E-state index is 12.7. The molecule has 2 aliphatic rings. The van der Waals surface area contributed by atoms with Crippen LogP contribution >= 0.6 is 0 Å². The molecular formula is C22H23NO4. The van der Waals surface area contributed by atoms with Crippen molar-refractivity contribution in [1.82, 2.24) is 4.90 Å². The molecule has 4 rings (SSSR count). The van der Waals surface area contributed by atoms with E-state index in [4.69, 9.17) is 9.47 Å². The van der Waals surface area contributed by atoms with Crippen molar-refractivity contribution in [2.45, 2.75) is 31.8 Å². The lowest BCUT2D eigenvalue weighted by Crippen LogP contribution is -2.52. The molecule has 0 atom stereocenters. The SMILES string of the molecule is COc1ccc2c(c1)OC1(CCN(C(=O)c3ccc(C)cc3)CC1)CC2=O. The van der Waals surface area contributed by atoms with Crippen LogP contribution in [-0.4, -0.2) is 42.4 Å². The van der Waals surface area contributed by atoms with Crippen LogP contribution in [0.4, 0.5) is 0 Å². The summed E-state index contributed by atoms with van der Waals surface area (Å²) in [7, 11) is 1.59. The standard InChI is InChI=1S/C22H23NO4/c1-15-3-5-16(6-4-15)21(25)23-11-9-22(10-12-23)14-19(24)18-8-7-17(26-2)13-20(18)27-22/h3-8,13H,9-12,14H2,1-2H3. The number of hydrogen-bond donors (Lipinski definition) is 0. The van der Waals surface area contributed by atoms with E-state index in [1.807, 2.05) is 36.1 Å². The summed E-state index contributed by atoms with van der Waals surface area (Å²) < 4.78 is 11.5. The number of piperidine rings is 1. The van der Waals surface area contributed by atoms with E-state index in [1.165, 1.54) is 0 Å². The highest BCUT2D eigenvalue weighted by molar-refractivity contribution is 6.00. The third-order valence-corrected chi connectivity index (χ3v) is 5.56. The number of Topliss-reactive ketones (excluding diaryl/α,β-unsaturated/α-hetero) is 1. The van der Waals surface area contributed by atoms with E-state index >= 15 is 0 Å². The zero-order valence-electron chi connectivity index (χ0n) is 15.7. The van der Waals surface area contributed by atoms with Crippen molar-refractivity contribution < 1.29 is 19.1 Å². The number of likely N-dealkylation sites (tertiary alicyclic amines) is 1. The molecular weight excluding hydrogens is 342 g/mol. The number of rotatable bonds is 2. The van der Waals surface area contributed by atoms with E-state index < -0.39 is 5.60 Å². The van der Waals surface area contributed by atoms with E-state index in [-0.39, 0.29) is 11.7 Å². The minimum Gasteiger partial charge on any atom is -0.497 e. The maximum atomic E-state index is 12.7. The predicted molar refractivity (Wildman–Crippen MR) is 102 cm³/mol. The highest BCUT2D eigenvalue weighted by atomic mass is 16.5. The molecule has 0 aliphatic carbocycles. The van der Waals surface area contributed by atoms with Crippen molar-refractivity contribution >= 4 is 11.7 Å². The molecule has 140 valence electrons. The van der Waals surface area contributed by atoms with Crippen LogP contribution in [0.5, 0.6) is 11.5 Å². The molecule has 5 nitrogen and oxygen atoms in total. The molecule has 27 heavy (non-hydrogen) atoms. The minimum atomic E-state index is -0.527. The van der Waals surface area contributed by atoms with Gasteiger partial charge >= 0.3 is 0 Å². The topological polar surface area (TPSA) is 55.8 Å². The lowest BCUT2D eigenvalue weighted by Gasteiger charge is -2.44. The van der Waals surface area contributed by atoms with Gasteiger partial charge in [-0.25, -0.2) is 0 Å². The van der Waals surface area contributed by atoms with E-state index in [0.29, 0.717) is 55.0 Å². The Kier molecular flexibility index (Phi) is 4.38. The summed E-state index contributed by atoms with van der Waals surface area (Å²) in [6.45, 7) is 3.17. The normalized spacial score (nSPS) is 18.0. The number of aryl methyl sites for hydroxylation is 1. The molecule has 0 saturated carbocycles. The first-order chi connectivity index (χ1) is 13.0. The summed E-state index contributed by atoms with van der Waals surface area (Å²) >= 11 is 0. The van der Waals surface area contributed by atoms with Crippen LogP contribution in [0.3, 0.4) is 0 Å². The third-order valence-electron chi connectivity index (χ3n) is 5.56. The van der Waals surface area contributed by atoms with Gasteiger partial charge in [0, 0.05) is 37.6 Å². The molecule has 0 bridgehead atoms. The molecule has 2 aliphatic heterocycles. The van der Waals surface area contributed by atoms with Crippen LogP contribution in [0.2, 0.25) is 0 Å². The van der Waals surface area contributed by atoms with Gasteiger partial charge in [0.2, 0.25) is 0 Å². The van der Waals surface area contributed by atoms with Crippen molar-refractivity contribution in [2.24, 2.45) is 0 Å². The molecule has 0 unspecified atom stereocenters. The Morgan fingerprint density at radius 1 is 1.11 bits per heavy atom. The lowest BCUT2D eigenvalue weighted by molar-refractivity contribution is -0.00580. The molecule has 1 amide bonds. The first-order valence-electron chi connectivity index (χ1n) is 9.26. The van der Waals surface area contributed by atoms with Crippen LogP contribution in [0.15, 0.2) is 42.5 Å². The number of ketones is 1. The molecule has 2 heterocycles. The van der Waals surface area contributed by atoms with Crippen LogP contribution in [0.25, 0.3) is 0 Å². The van der Waals surface area contributed by atoms with Gasteiger partial charge in [-0.15, -0.1) is 0 Å². The van der Waals surface area contributed by atoms with Crippen molar-refractivity contribution in [2.75, 3.05) is 20.2 Å². The highest BCUT2D eigenvalue weighted by Crippen LogP contribution is 2.40. The van der Waals surface area contributed by atoms with Crippen LogP contribution in [0, 0.1) is 6.92 Å². The number of carbonyl (C=O) groups excluding carboxylic acids is 2. The number of amides is 1. The quantitative estimate of drug-likeness (QED) is 0.815. The molecule has 2 aromatic carbocycles. The Hall–Kier alpha value is -2.82. The fraction of sp³-hybridized carbons (Fsp3) is 0.364. The van der Waals surface area contributed by atoms with Crippen molar-refractivity contribution in [3.05, 3.63) is 59.2 Å². The Morgan fingerprint density at radius 3 is 2.48 bits per heavy atom. The van der Waals surface area contributed by atoms with Gasteiger partial charge in [0.1, 0.15) is 17.1 Å². The number of fused-ring (bicyclic) bond motifs is 1. The number of ether oxygens (including phenoxy) is 2. The van der Waals surface area contributed by atoms with Gasteiger partial charge in [-0.2, -0.15) is 0 Å². The van der Waals surface area contributed by atoms with Gasteiger partial charge in [-0.1, -0.05) is 17.7 Å². The van der Waals surface area contributed by atoms with E-state index in [9.17, 15) is 9.59 Å². The van der Waals surface area contributed by atoms with Crippen molar-refractivity contribution in [3.63, 3.8) is 0 Å². The molecule has 2 aromatic rings. The fourth-order valence-electron chi connectivity index (χ4n) is 3.88. The molecule has 1 fully saturated rings. The van der Waals surface area contributed by atoms with Gasteiger partial charge in [0.15, 0.2) is 5.78 Å². The number of methoxy groups -OCH3 is 1. The number of nitrogens with zero attached hydrogens (tertiary/aromatic N) is 1. The summed E-state index contributed by atoms with van der Waals surface area (Å²) in [5.74, 6) is 1.39. The zero-order chi connectivity index (χ0) is 19.0. The Labute approximate surface area is 158 Å². The fourth-order valence-corrected chi connectivity index (χ4v) is 3.88. The number of carbonyl (C=O) groups is 2. The largest absolute Gasteiger partial charge is 0.497 e. The summed E-state index contributed by atoms with van der Waals surface area (Å²) in [6.07, 6.45) is 1.65. The molecule has 1 spiro atoms. The van der Waals surface area contributed by atoms with E-state index in [2.05, 4.69) is 0 Å². The number of benzene rings is 2. The Bertz CT molecular complexity index is 880. The second-order valence-corrected chi connectivity index (χ2v) is 7.41. The van der Waals surface area contributed by atoms with E-state index in [1.54, 1.807) is 25.3 Å². The average molecular weight is 365 g/mol. The van der Waals surface area contributed by atoms with E-state index in [0.717, 1.165) is 5.56 Å². The van der Waals surface area contributed by atoms with Crippen molar-refractivity contribution in [3.8, 4) is 11.5 Å². The van der Waals surface area contributed by atoms with Gasteiger partial charge in [0.05, 0.1) is 19.1 Å². The molecule has 0 N–H and O–H groups in total. The molecule has 0 aromatic heterocycles. The highest BCUT2D eigenvalue weighted by Gasteiger charge is 2.43. The first-order valence-corrected chi connectivity index (χ1v) is 9.26. The molecule has 1 saturated heterocycles. The van der Waals surface area contributed by atoms with Gasteiger partial charge in [0.25, 0.3) is 5.91 Å². The van der Waals surface area contributed by atoms with Gasteiger partial charge < -0.3 is 14.4 Å². The smallest absolute Gasteiger partial charge is 0.253 e. The maximum Gasteiger partial charge on any atom is 0.253 e. The lowest BCUT2D eigenvalue weighted by atomic mass is 9.82. The van der Waals surface area contributed by atoms with Crippen LogP contribution < -0.4 is 9.47 Å². The molecule has 0 radical (unpaired) electrons. The van der Waals surface area contributed by atoms with Crippen LogP contribution in [-0.2, 0) is 0 Å².